The first-order valence-corrected chi connectivity index (χ1v) is 14.0. The topological polar surface area (TPSA) is 86.5 Å². The molecular weight excluding hydrogens is 441 g/mol. The maximum absolute atomic E-state index is 13.1. The molecule has 0 radical (unpaired) electrons. The minimum atomic E-state index is -3.46. The summed E-state index contributed by atoms with van der Waals surface area (Å²) in [5, 5.41) is 0. The van der Waals surface area contributed by atoms with E-state index in [2.05, 4.69) is 0 Å². The normalized spacial score (nSPS) is 27.5. The Balaban J connectivity index is 1.31. The third-order valence-electron chi connectivity index (χ3n) is 8.13. The van der Waals surface area contributed by atoms with Gasteiger partial charge in [-0.3, -0.25) is 4.79 Å². The monoisotopic (exact) mass is 477 g/mol. The van der Waals surface area contributed by atoms with Gasteiger partial charge in [0.1, 0.15) is 18.1 Å². The van der Waals surface area contributed by atoms with Gasteiger partial charge in [0.2, 0.25) is 0 Å². The Morgan fingerprint density at radius 3 is 2.45 bits per heavy atom. The van der Waals surface area contributed by atoms with Gasteiger partial charge in [-0.2, -0.15) is 0 Å². The van der Waals surface area contributed by atoms with Crippen molar-refractivity contribution < 1.29 is 22.3 Å². The van der Waals surface area contributed by atoms with E-state index in [9.17, 15) is 17.6 Å². The molecule has 0 unspecified atom stereocenters. The molecule has 182 valence electrons. The molecule has 33 heavy (non-hydrogen) atoms. The average Bonchev–Trinajstić information content (AvgIpc) is 2.75. The van der Waals surface area contributed by atoms with Crippen LogP contribution >= 0.6 is 0 Å². The van der Waals surface area contributed by atoms with Crippen LogP contribution in [0.1, 0.15) is 57.8 Å². The van der Waals surface area contributed by atoms with E-state index in [1.807, 2.05) is 0 Å². The van der Waals surface area contributed by atoms with Gasteiger partial charge in [-0.15, -0.1) is 0 Å². The van der Waals surface area contributed by atoms with Crippen molar-refractivity contribution in [3.05, 3.63) is 36.2 Å². The van der Waals surface area contributed by atoms with E-state index in [0.29, 0.717) is 41.7 Å². The smallest absolute Gasteiger partial charge is 0.178 e. The summed E-state index contributed by atoms with van der Waals surface area (Å²) in [5.74, 6) is 2.75. The van der Waals surface area contributed by atoms with Crippen molar-refractivity contribution in [3.8, 4) is 5.75 Å². The van der Waals surface area contributed by atoms with E-state index in [1.165, 1.54) is 25.7 Å². The minimum Gasteiger partial charge on any atom is -0.489 e. The van der Waals surface area contributed by atoms with Crippen molar-refractivity contribution in [1.82, 2.24) is 0 Å². The van der Waals surface area contributed by atoms with Crippen LogP contribution in [0.4, 0.5) is 4.39 Å². The first kappa shape index (κ1) is 24.4. The number of hydrogen-bond donors (Lipinski definition) is 1. The molecule has 4 aliphatic rings. The number of hydrogen-bond acceptors (Lipinski definition) is 5. The molecule has 5 rings (SSSR count). The largest absolute Gasteiger partial charge is 0.489 e. The number of fused-ring (bicyclic) bond motifs is 2. The number of ketones is 1. The summed E-state index contributed by atoms with van der Waals surface area (Å²) >= 11 is 0. The van der Waals surface area contributed by atoms with Gasteiger partial charge in [0.15, 0.2) is 9.84 Å². The molecule has 5 nitrogen and oxygen atoms in total. The van der Waals surface area contributed by atoms with Crippen LogP contribution in [-0.2, 0) is 14.6 Å². The lowest BCUT2D eigenvalue weighted by molar-refractivity contribution is -0.131. The van der Waals surface area contributed by atoms with Crippen LogP contribution in [0, 0.1) is 29.6 Å². The molecule has 4 fully saturated rings. The molecule has 1 aromatic carbocycles. The van der Waals surface area contributed by atoms with E-state index in [1.54, 1.807) is 24.3 Å². The molecule has 0 amide bonds. The fourth-order valence-corrected chi connectivity index (χ4v) is 7.41. The third kappa shape index (κ3) is 5.86. The summed E-state index contributed by atoms with van der Waals surface area (Å²) in [6, 6.07) is 6.27. The summed E-state index contributed by atoms with van der Waals surface area (Å²) in [5.41, 5.74) is 5.74. The first-order chi connectivity index (χ1) is 15.9. The fraction of sp³-hybridized carbons (Fsp3) is 0.654. The molecule has 4 aliphatic carbocycles. The Morgan fingerprint density at radius 1 is 1.12 bits per heavy atom. The molecular formula is C26H36FNO4S. The predicted molar refractivity (Wildman–Crippen MR) is 126 cm³/mol. The summed E-state index contributed by atoms with van der Waals surface area (Å²) in [7, 11) is -3.46. The van der Waals surface area contributed by atoms with Gasteiger partial charge in [0, 0.05) is 24.5 Å². The van der Waals surface area contributed by atoms with Crippen molar-refractivity contribution >= 4 is 15.6 Å². The zero-order valence-electron chi connectivity index (χ0n) is 19.3. The fourth-order valence-electron chi connectivity index (χ4n) is 5.70. The highest BCUT2D eigenvalue weighted by Crippen LogP contribution is 2.53. The molecule has 0 aliphatic heterocycles. The second-order valence-corrected chi connectivity index (χ2v) is 12.3. The van der Waals surface area contributed by atoms with E-state index in [0.717, 1.165) is 31.6 Å². The molecule has 0 saturated heterocycles. The molecule has 4 saturated carbocycles. The van der Waals surface area contributed by atoms with Gasteiger partial charge in [-0.1, -0.05) is 25.7 Å². The summed E-state index contributed by atoms with van der Waals surface area (Å²) in [4.78, 5) is 13.2. The second-order valence-electron chi connectivity index (χ2n) is 10.3. The van der Waals surface area contributed by atoms with Crippen molar-refractivity contribution in [2.24, 2.45) is 35.3 Å². The Kier molecular flexibility index (Phi) is 7.90. The lowest BCUT2D eigenvalue weighted by Gasteiger charge is -2.51. The number of nitrogens with two attached hydrogens (primary N) is 1. The van der Waals surface area contributed by atoms with Crippen molar-refractivity contribution in [3.63, 3.8) is 0 Å². The SMILES string of the molecule is NC/C(=C\F)COc1ccc(S(=O)(=O)C[C@H]2C[C@@H](C(=O)CCCC3CCC3)C3CC2C3)cc1. The number of sulfone groups is 1. The quantitative estimate of drug-likeness (QED) is 0.465. The standard InChI is InChI=1S/C26H36FNO4S/c27-14-19(15-28)16-32-23-7-9-24(10-8-23)33(30,31)17-22-13-25(21-11-20(22)12-21)26(29)6-2-5-18-3-1-4-18/h7-10,14,18,20-22,25H,1-6,11-13,15-17,28H2/b19-14+/t20?,21?,22-,25-/m1/s1. The zero-order chi connectivity index (χ0) is 23.4. The molecule has 2 atom stereocenters. The van der Waals surface area contributed by atoms with Crippen LogP contribution in [0.25, 0.3) is 0 Å². The lowest BCUT2D eigenvalue weighted by Crippen LogP contribution is -2.47. The van der Waals surface area contributed by atoms with Crippen molar-refractivity contribution in [2.45, 2.75) is 62.7 Å². The maximum atomic E-state index is 13.1. The molecule has 0 spiro atoms. The van der Waals surface area contributed by atoms with E-state index >= 15 is 0 Å². The maximum Gasteiger partial charge on any atom is 0.178 e. The van der Waals surface area contributed by atoms with Gasteiger partial charge < -0.3 is 10.5 Å². The molecule has 7 heteroatoms. The summed E-state index contributed by atoms with van der Waals surface area (Å²) in [6.07, 6.45) is 9.93. The number of carbonyl (C=O) groups excluding carboxylic acids is 1. The van der Waals surface area contributed by atoms with E-state index in [4.69, 9.17) is 10.5 Å². The van der Waals surface area contributed by atoms with Crippen LogP contribution < -0.4 is 10.5 Å². The summed E-state index contributed by atoms with van der Waals surface area (Å²) in [6.45, 7) is 0.0937. The highest BCUT2D eigenvalue weighted by molar-refractivity contribution is 7.91. The number of Topliss-reactive ketones (excluding diaryl/α,β-unsaturated/α-hetero) is 1. The van der Waals surface area contributed by atoms with Crippen molar-refractivity contribution in [1.29, 1.82) is 0 Å². The van der Waals surface area contributed by atoms with E-state index < -0.39 is 9.84 Å². The van der Waals surface area contributed by atoms with Crippen LogP contribution in [0.5, 0.6) is 5.75 Å². The van der Waals surface area contributed by atoms with Crippen LogP contribution in [-0.4, -0.2) is 33.1 Å². The first-order valence-electron chi connectivity index (χ1n) is 12.4. The van der Waals surface area contributed by atoms with Gasteiger partial charge in [0.05, 0.1) is 17.0 Å². The summed E-state index contributed by atoms with van der Waals surface area (Å²) < 4.78 is 44.3. The molecule has 2 bridgehead atoms. The number of benzene rings is 1. The second kappa shape index (κ2) is 10.7. The third-order valence-corrected chi connectivity index (χ3v) is 9.99. The Morgan fingerprint density at radius 2 is 1.85 bits per heavy atom. The van der Waals surface area contributed by atoms with Gasteiger partial charge in [-0.05, 0) is 73.6 Å². The van der Waals surface area contributed by atoms with Crippen molar-refractivity contribution in [2.75, 3.05) is 18.9 Å². The number of carbonyl (C=O) groups is 1. The number of ether oxygens (including phenoxy) is 1. The molecule has 1 aromatic rings. The minimum absolute atomic E-state index is 0.0279. The van der Waals surface area contributed by atoms with Crippen LogP contribution in [0.15, 0.2) is 41.1 Å². The molecule has 0 heterocycles. The lowest BCUT2D eigenvalue weighted by atomic mass is 9.54. The average molecular weight is 478 g/mol. The van der Waals surface area contributed by atoms with Gasteiger partial charge in [-0.25, -0.2) is 12.8 Å². The molecule has 0 aromatic heterocycles. The van der Waals surface area contributed by atoms with Gasteiger partial charge >= 0.3 is 0 Å². The Labute approximate surface area is 196 Å². The van der Waals surface area contributed by atoms with E-state index in [-0.39, 0.29) is 35.6 Å². The Bertz CT molecular complexity index is 949. The van der Waals surface area contributed by atoms with Crippen LogP contribution in [0.3, 0.4) is 0 Å². The number of rotatable bonds is 12. The predicted octanol–water partition coefficient (Wildman–Crippen LogP) is 4.85. The molecule has 2 N–H and O–H groups in total. The highest BCUT2D eigenvalue weighted by atomic mass is 32.2. The number of halogens is 1. The van der Waals surface area contributed by atoms with Crippen LogP contribution in [0.2, 0.25) is 0 Å². The zero-order valence-corrected chi connectivity index (χ0v) is 20.1. The Hall–Kier alpha value is -1.73. The highest BCUT2D eigenvalue weighted by Gasteiger charge is 2.49. The van der Waals surface area contributed by atoms with Gasteiger partial charge in [0.25, 0.3) is 0 Å².